The van der Waals surface area contributed by atoms with Crippen molar-refractivity contribution in [1.29, 1.82) is 0 Å². The summed E-state index contributed by atoms with van der Waals surface area (Å²) in [6.45, 7) is 1.79. The highest BCUT2D eigenvalue weighted by atomic mass is 32.2. The van der Waals surface area contributed by atoms with Gasteiger partial charge < -0.3 is 24.8 Å². The fourth-order valence-electron chi connectivity index (χ4n) is 5.59. The summed E-state index contributed by atoms with van der Waals surface area (Å²) in [5, 5.41) is 12.1. The van der Waals surface area contributed by atoms with E-state index in [9.17, 15) is 13.2 Å². The molecule has 6 rings (SSSR count). The monoisotopic (exact) mass is 541 g/mol. The first-order valence-corrected chi connectivity index (χ1v) is 15.1. The van der Waals surface area contributed by atoms with Crippen molar-refractivity contribution >= 4 is 27.3 Å². The van der Waals surface area contributed by atoms with E-state index in [2.05, 4.69) is 14.9 Å². The molecule has 2 aromatic carbocycles. The highest BCUT2D eigenvalue weighted by Crippen LogP contribution is 2.54. The lowest BCUT2D eigenvalue weighted by molar-refractivity contribution is 0.102. The molecule has 1 amide bonds. The summed E-state index contributed by atoms with van der Waals surface area (Å²) in [6, 6.07) is 8.38. The van der Waals surface area contributed by atoms with Crippen LogP contribution in [0.5, 0.6) is 11.5 Å². The number of piperidine rings is 1. The lowest BCUT2D eigenvalue weighted by atomic mass is 9.93. The van der Waals surface area contributed by atoms with Crippen LogP contribution in [0.4, 0.5) is 11.4 Å². The van der Waals surface area contributed by atoms with Gasteiger partial charge in [-0.3, -0.25) is 4.79 Å². The number of nitrogens with one attached hydrogen (secondary N) is 2. The maximum atomic E-state index is 13.6. The van der Waals surface area contributed by atoms with Crippen LogP contribution in [0, 0.1) is 5.41 Å². The minimum absolute atomic E-state index is 0.0700. The molecule has 0 aromatic heterocycles. The summed E-state index contributed by atoms with van der Waals surface area (Å²) in [5.41, 5.74) is 3.13. The van der Waals surface area contributed by atoms with Gasteiger partial charge in [0.05, 0.1) is 35.5 Å². The number of anilines is 2. The number of rotatable bonds is 9. The molecular weight excluding hydrogens is 506 g/mol. The normalized spacial score (nSPS) is 20.0. The summed E-state index contributed by atoms with van der Waals surface area (Å²) in [4.78, 5) is 15.9. The minimum atomic E-state index is -3.82. The third-order valence-corrected chi connectivity index (χ3v) is 9.86. The number of aliphatic hydroxyl groups excluding tert-OH is 1. The molecule has 10 heteroatoms. The van der Waals surface area contributed by atoms with Crippen molar-refractivity contribution in [2.24, 2.45) is 5.41 Å². The lowest BCUT2D eigenvalue weighted by Gasteiger charge is -2.35. The fraction of sp³-hybridized carbons (Fsp3) is 0.536. The molecule has 2 heterocycles. The Labute approximate surface area is 223 Å². The molecular formula is C28H35N3O6S. The van der Waals surface area contributed by atoms with E-state index in [1.165, 1.54) is 18.9 Å². The zero-order valence-corrected chi connectivity index (χ0v) is 22.3. The number of hydrogen-bond acceptors (Lipinski definition) is 7. The van der Waals surface area contributed by atoms with Crippen LogP contribution in [-0.4, -0.2) is 58.4 Å². The number of benzene rings is 2. The Hall–Kier alpha value is -2.82. The van der Waals surface area contributed by atoms with Gasteiger partial charge in [-0.2, -0.15) is 0 Å². The fourth-order valence-corrected chi connectivity index (χ4v) is 6.63. The Morgan fingerprint density at radius 3 is 2.61 bits per heavy atom. The number of sulfonamides is 1. The van der Waals surface area contributed by atoms with Crippen molar-refractivity contribution in [3.63, 3.8) is 0 Å². The number of ether oxygens (including phenoxy) is 2. The predicted octanol–water partition coefficient (Wildman–Crippen LogP) is 3.46. The van der Waals surface area contributed by atoms with E-state index in [0.29, 0.717) is 34.7 Å². The largest absolute Gasteiger partial charge is 0.489 e. The molecule has 1 spiro atoms. The average molecular weight is 542 g/mol. The van der Waals surface area contributed by atoms with Crippen LogP contribution in [0.2, 0.25) is 0 Å². The van der Waals surface area contributed by atoms with Gasteiger partial charge in [0.2, 0.25) is 10.0 Å². The summed E-state index contributed by atoms with van der Waals surface area (Å²) in [7, 11) is -3.82. The number of aliphatic hydroxyl groups is 1. The number of fused-ring (bicyclic) bond motifs is 1. The number of nitrogens with zero attached hydrogens (tertiary/aromatic N) is 1. The van der Waals surface area contributed by atoms with Crippen LogP contribution in [0.1, 0.15) is 60.9 Å². The van der Waals surface area contributed by atoms with Crippen molar-refractivity contribution in [1.82, 2.24) is 4.72 Å². The van der Waals surface area contributed by atoms with Crippen LogP contribution < -0.4 is 24.4 Å². The number of carbonyl (C=O) groups excluding carboxylic acids is 1. The zero-order chi connectivity index (χ0) is 26.3. The first-order valence-electron chi connectivity index (χ1n) is 13.6. The van der Waals surface area contributed by atoms with Gasteiger partial charge in [-0.1, -0.05) is 0 Å². The molecule has 2 saturated carbocycles. The van der Waals surface area contributed by atoms with Crippen molar-refractivity contribution < 1.29 is 27.8 Å². The van der Waals surface area contributed by atoms with Gasteiger partial charge >= 0.3 is 0 Å². The van der Waals surface area contributed by atoms with Crippen LogP contribution in [-0.2, 0) is 16.4 Å². The molecule has 9 nitrogen and oxygen atoms in total. The third-order valence-electron chi connectivity index (χ3n) is 8.40. The van der Waals surface area contributed by atoms with Crippen LogP contribution in [0.15, 0.2) is 35.2 Å². The molecule has 3 fully saturated rings. The van der Waals surface area contributed by atoms with Gasteiger partial charge in [0.1, 0.15) is 0 Å². The second-order valence-corrected chi connectivity index (χ2v) is 12.7. The van der Waals surface area contributed by atoms with Gasteiger partial charge in [0.25, 0.3) is 5.91 Å². The standard InChI is InChI=1S/C28H35N3O6S/c32-14-11-29-38(34,35)22-4-5-23(24(18-22)31-12-9-28(7-8-28)10-13-31)27(33)30-20-16-19-6-15-36-26(19)25(17-20)37-21-2-1-3-21/h4-5,16-18,21,29,32H,1-3,6-15H2,(H,30,33). The summed E-state index contributed by atoms with van der Waals surface area (Å²) in [6.07, 6.45) is 8.73. The van der Waals surface area contributed by atoms with Gasteiger partial charge in [-0.25, -0.2) is 13.1 Å². The lowest BCUT2D eigenvalue weighted by Crippen LogP contribution is -2.36. The highest BCUT2D eigenvalue weighted by Gasteiger charge is 2.44. The van der Waals surface area contributed by atoms with Gasteiger partial charge in [0.15, 0.2) is 11.5 Å². The molecule has 38 heavy (non-hydrogen) atoms. The van der Waals surface area contributed by atoms with E-state index in [0.717, 1.165) is 62.9 Å². The number of amides is 1. The van der Waals surface area contributed by atoms with Crippen molar-refractivity contribution in [3.05, 3.63) is 41.5 Å². The molecule has 0 unspecified atom stereocenters. The van der Waals surface area contributed by atoms with E-state index in [4.69, 9.17) is 14.6 Å². The third kappa shape index (κ3) is 5.09. The summed E-state index contributed by atoms with van der Waals surface area (Å²) >= 11 is 0. The Kier molecular flexibility index (Phi) is 6.74. The molecule has 2 aliphatic heterocycles. The molecule has 2 aliphatic carbocycles. The average Bonchev–Trinajstić information content (AvgIpc) is 3.46. The molecule has 0 radical (unpaired) electrons. The van der Waals surface area contributed by atoms with Crippen molar-refractivity contribution in [3.8, 4) is 11.5 Å². The zero-order valence-electron chi connectivity index (χ0n) is 21.5. The number of carbonyl (C=O) groups is 1. The Morgan fingerprint density at radius 2 is 1.92 bits per heavy atom. The maximum absolute atomic E-state index is 13.6. The molecule has 2 aromatic rings. The molecule has 3 N–H and O–H groups in total. The van der Waals surface area contributed by atoms with Crippen LogP contribution >= 0.6 is 0 Å². The molecule has 4 aliphatic rings. The Balaban J connectivity index is 1.29. The first-order chi connectivity index (χ1) is 18.4. The van der Waals surface area contributed by atoms with E-state index >= 15 is 0 Å². The Morgan fingerprint density at radius 1 is 1.13 bits per heavy atom. The summed E-state index contributed by atoms with van der Waals surface area (Å²) in [5.74, 6) is 1.14. The summed E-state index contributed by atoms with van der Waals surface area (Å²) < 4.78 is 40.0. The first kappa shape index (κ1) is 25.5. The van der Waals surface area contributed by atoms with Gasteiger partial charge in [0, 0.05) is 43.4 Å². The molecule has 0 bridgehead atoms. The number of hydrogen-bond donors (Lipinski definition) is 3. The smallest absolute Gasteiger partial charge is 0.257 e. The van der Waals surface area contributed by atoms with Crippen LogP contribution in [0.25, 0.3) is 0 Å². The Bertz CT molecular complexity index is 1330. The van der Waals surface area contributed by atoms with Crippen LogP contribution in [0.3, 0.4) is 0 Å². The van der Waals surface area contributed by atoms with E-state index in [1.807, 2.05) is 12.1 Å². The van der Waals surface area contributed by atoms with Gasteiger partial charge in [-0.15, -0.1) is 0 Å². The second-order valence-electron chi connectivity index (χ2n) is 11.0. The highest BCUT2D eigenvalue weighted by molar-refractivity contribution is 7.89. The van der Waals surface area contributed by atoms with E-state index < -0.39 is 10.0 Å². The topological polar surface area (TPSA) is 117 Å². The molecule has 204 valence electrons. The predicted molar refractivity (Wildman–Crippen MR) is 144 cm³/mol. The van der Waals surface area contributed by atoms with E-state index in [-0.39, 0.29) is 30.1 Å². The maximum Gasteiger partial charge on any atom is 0.257 e. The van der Waals surface area contributed by atoms with Crippen molar-refractivity contribution in [2.75, 3.05) is 43.1 Å². The molecule has 1 saturated heterocycles. The molecule has 0 atom stereocenters. The SMILES string of the molecule is O=C(Nc1cc2c(c(OC3CCC3)c1)OCC2)c1ccc(S(=O)(=O)NCCO)cc1N1CCC2(CC1)CC2. The quantitative estimate of drug-likeness (QED) is 0.445. The van der Waals surface area contributed by atoms with Gasteiger partial charge in [-0.05, 0) is 74.6 Å². The van der Waals surface area contributed by atoms with E-state index in [1.54, 1.807) is 12.1 Å². The second kappa shape index (κ2) is 10.1. The minimum Gasteiger partial charge on any atom is -0.489 e. The van der Waals surface area contributed by atoms with Crippen molar-refractivity contribution in [2.45, 2.75) is 62.4 Å².